The van der Waals surface area contributed by atoms with Crippen LogP contribution in [0.4, 0.5) is 0 Å². The monoisotopic (exact) mass is 392 g/mol. The molecule has 26 heavy (non-hydrogen) atoms. The molecule has 0 aromatic heterocycles. The molecular formula is C21H26Cl2N2O. The predicted octanol–water partition coefficient (Wildman–Crippen LogP) is 4.70. The number of ether oxygens (including phenoxy) is 1. The number of hydrogen-bond acceptors (Lipinski definition) is 3. The van der Waals surface area contributed by atoms with Crippen LogP contribution in [-0.2, 0) is 17.8 Å². The first kappa shape index (κ1) is 19.7. The van der Waals surface area contributed by atoms with E-state index in [1.807, 2.05) is 13.0 Å². The van der Waals surface area contributed by atoms with E-state index in [0.717, 1.165) is 44.4 Å². The van der Waals surface area contributed by atoms with Crippen molar-refractivity contribution in [2.75, 3.05) is 33.4 Å². The molecular weight excluding hydrogens is 367 g/mol. The summed E-state index contributed by atoms with van der Waals surface area (Å²) in [6, 6.07) is 12.7. The average Bonchev–Trinajstić information content (AvgIpc) is 2.62. The van der Waals surface area contributed by atoms with Crippen LogP contribution in [0.15, 0.2) is 36.4 Å². The molecule has 3 nitrogen and oxygen atoms in total. The van der Waals surface area contributed by atoms with Crippen molar-refractivity contribution < 1.29 is 4.74 Å². The number of hydrogen-bond donors (Lipinski definition) is 1. The Kier molecular flexibility index (Phi) is 6.96. The molecule has 0 spiro atoms. The number of fused-ring (bicyclic) bond motifs is 1. The third kappa shape index (κ3) is 4.79. The van der Waals surface area contributed by atoms with Crippen molar-refractivity contribution >= 4 is 23.2 Å². The smallest absolute Gasteiger partial charge is 0.0590 e. The summed E-state index contributed by atoms with van der Waals surface area (Å²) in [6.45, 7) is 7.04. The first-order chi connectivity index (χ1) is 12.6. The second-order valence-corrected chi connectivity index (χ2v) is 7.67. The number of likely N-dealkylation sites (N-methyl/N-ethyl adjacent to an activating group) is 1. The summed E-state index contributed by atoms with van der Waals surface area (Å²) in [5, 5.41) is 4.90. The van der Waals surface area contributed by atoms with Crippen LogP contribution in [0.3, 0.4) is 0 Å². The molecule has 0 saturated carbocycles. The molecule has 0 radical (unpaired) electrons. The van der Waals surface area contributed by atoms with E-state index in [-0.39, 0.29) is 5.92 Å². The zero-order chi connectivity index (χ0) is 18.5. The molecule has 2 aromatic rings. The van der Waals surface area contributed by atoms with Gasteiger partial charge in [-0.3, -0.25) is 0 Å². The SMILES string of the molecule is CCOCCNCc1cccc(C2CN(C)Cc3c(Cl)cc(Cl)cc32)c1. The molecule has 0 amide bonds. The van der Waals surface area contributed by atoms with Gasteiger partial charge in [-0.05, 0) is 48.4 Å². The Morgan fingerprint density at radius 3 is 2.88 bits per heavy atom. The highest BCUT2D eigenvalue weighted by molar-refractivity contribution is 6.35. The van der Waals surface area contributed by atoms with Gasteiger partial charge in [0, 0.05) is 48.7 Å². The number of nitrogens with zero attached hydrogens (tertiary/aromatic N) is 1. The summed E-state index contributed by atoms with van der Waals surface area (Å²) in [6.07, 6.45) is 0. The minimum Gasteiger partial charge on any atom is -0.380 e. The van der Waals surface area contributed by atoms with Gasteiger partial charge in [0.1, 0.15) is 0 Å². The fourth-order valence-electron chi connectivity index (χ4n) is 3.57. The minimum absolute atomic E-state index is 0.281. The Balaban J connectivity index is 1.80. The topological polar surface area (TPSA) is 24.5 Å². The molecule has 0 aliphatic carbocycles. The largest absolute Gasteiger partial charge is 0.380 e. The lowest BCUT2D eigenvalue weighted by molar-refractivity contribution is 0.149. The van der Waals surface area contributed by atoms with Crippen molar-refractivity contribution in [3.63, 3.8) is 0 Å². The number of halogens is 2. The fourth-order valence-corrected chi connectivity index (χ4v) is 4.14. The van der Waals surface area contributed by atoms with Crippen molar-refractivity contribution in [2.45, 2.75) is 25.9 Å². The van der Waals surface area contributed by atoms with Crippen LogP contribution in [-0.4, -0.2) is 38.3 Å². The van der Waals surface area contributed by atoms with Crippen molar-refractivity contribution in [1.29, 1.82) is 0 Å². The van der Waals surface area contributed by atoms with Crippen LogP contribution in [0.1, 0.15) is 35.1 Å². The van der Waals surface area contributed by atoms with Gasteiger partial charge in [0.05, 0.1) is 6.61 Å². The van der Waals surface area contributed by atoms with Gasteiger partial charge in [0.15, 0.2) is 0 Å². The average molecular weight is 393 g/mol. The minimum atomic E-state index is 0.281. The van der Waals surface area contributed by atoms with Crippen LogP contribution in [0.5, 0.6) is 0 Å². The van der Waals surface area contributed by atoms with Gasteiger partial charge in [-0.2, -0.15) is 0 Å². The number of rotatable bonds is 7. The van der Waals surface area contributed by atoms with Gasteiger partial charge in [-0.1, -0.05) is 47.5 Å². The third-order valence-electron chi connectivity index (χ3n) is 4.80. The maximum Gasteiger partial charge on any atom is 0.0590 e. The lowest BCUT2D eigenvalue weighted by Crippen LogP contribution is -2.31. The molecule has 1 aliphatic heterocycles. The highest BCUT2D eigenvalue weighted by atomic mass is 35.5. The van der Waals surface area contributed by atoms with E-state index in [1.54, 1.807) is 0 Å². The molecule has 140 valence electrons. The summed E-state index contributed by atoms with van der Waals surface area (Å²) >= 11 is 12.8. The van der Waals surface area contributed by atoms with E-state index < -0.39 is 0 Å². The van der Waals surface area contributed by atoms with Gasteiger partial charge in [-0.15, -0.1) is 0 Å². The van der Waals surface area contributed by atoms with Crippen LogP contribution in [0.25, 0.3) is 0 Å². The normalized spacial score (nSPS) is 17.3. The van der Waals surface area contributed by atoms with Crippen molar-refractivity contribution in [3.05, 3.63) is 68.7 Å². The first-order valence-corrected chi connectivity index (χ1v) is 9.87. The molecule has 1 atom stereocenters. The van der Waals surface area contributed by atoms with E-state index >= 15 is 0 Å². The van der Waals surface area contributed by atoms with Gasteiger partial charge >= 0.3 is 0 Å². The van der Waals surface area contributed by atoms with Crippen LogP contribution in [0, 0.1) is 0 Å². The Bertz CT molecular complexity index is 751. The van der Waals surface area contributed by atoms with E-state index in [0.29, 0.717) is 5.02 Å². The third-order valence-corrected chi connectivity index (χ3v) is 5.36. The van der Waals surface area contributed by atoms with Crippen LogP contribution < -0.4 is 5.32 Å². The molecule has 1 aliphatic rings. The lowest BCUT2D eigenvalue weighted by atomic mass is 9.84. The summed E-state index contributed by atoms with van der Waals surface area (Å²) < 4.78 is 5.37. The van der Waals surface area contributed by atoms with E-state index in [9.17, 15) is 0 Å². The Hall–Kier alpha value is -1.10. The van der Waals surface area contributed by atoms with Gasteiger partial charge in [-0.25, -0.2) is 0 Å². The van der Waals surface area contributed by atoms with Crippen molar-refractivity contribution in [1.82, 2.24) is 10.2 Å². The Morgan fingerprint density at radius 1 is 1.23 bits per heavy atom. The number of benzene rings is 2. The molecule has 5 heteroatoms. The predicted molar refractivity (Wildman–Crippen MR) is 109 cm³/mol. The number of nitrogens with one attached hydrogen (secondary N) is 1. The molecule has 0 fully saturated rings. The lowest BCUT2D eigenvalue weighted by Gasteiger charge is -2.33. The molecule has 1 heterocycles. The van der Waals surface area contributed by atoms with Gasteiger partial charge < -0.3 is 15.0 Å². The summed E-state index contributed by atoms with van der Waals surface area (Å²) in [7, 11) is 2.14. The van der Waals surface area contributed by atoms with E-state index in [1.165, 1.54) is 22.3 Å². The van der Waals surface area contributed by atoms with Gasteiger partial charge in [0.25, 0.3) is 0 Å². The second kappa shape index (κ2) is 9.20. The Labute approximate surface area is 166 Å². The Morgan fingerprint density at radius 2 is 2.08 bits per heavy atom. The summed E-state index contributed by atoms with van der Waals surface area (Å²) in [5.41, 5.74) is 5.03. The summed E-state index contributed by atoms with van der Waals surface area (Å²) in [4.78, 5) is 2.32. The van der Waals surface area contributed by atoms with Crippen LogP contribution in [0.2, 0.25) is 10.0 Å². The van der Waals surface area contributed by atoms with E-state index in [2.05, 4.69) is 47.6 Å². The maximum absolute atomic E-state index is 6.47. The highest BCUT2D eigenvalue weighted by Gasteiger charge is 2.27. The van der Waals surface area contributed by atoms with Gasteiger partial charge in [0.2, 0.25) is 0 Å². The molecule has 3 rings (SSSR count). The highest BCUT2D eigenvalue weighted by Crippen LogP contribution is 2.38. The summed E-state index contributed by atoms with van der Waals surface area (Å²) in [5.74, 6) is 0.281. The second-order valence-electron chi connectivity index (χ2n) is 6.82. The molecule has 1 unspecified atom stereocenters. The standard InChI is InChI=1S/C21H26Cl2N2O/c1-3-26-8-7-24-12-15-5-4-6-16(9-15)19-13-25(2)14-20-18(19)10-17(22)11-21(20)23/h4-6,9-11,19,24H,3,7-8,12-14H2,1-2H3. The fraction of sp³-hybridized carbons (Fsp3) is 0.429. The zero-order valence-electron chi connectivity index (χ0n) is 15.4. The first-order valence-electron chi connectivity index (χ1n) is 9.12. The zero-order valence-corrected chi connectivity index (χ0v) is 16.9. The maximum atomic E-state index is 6.47. The van der Waals surface area contributed by atoms with Crippen LogP contribution >= 0.6 is 23.2 Å². The molecule has 0 bridgehead atoms. The quantitative estimate of drug-likeness (QED) is 0.691. The molecule has 1 N–H and O–H groups in total. The molecule has 2 aromatic carbocycles. The van der Waals surface area contributed by atoms with E-state index in [4.69, 9.17) is 27.9 Å². The molecule has 0 saturated heterocycles. The van der Waals surface area contributed by atoms with Crippen molar-refractivity contribution in [2.24, 2.45) is 0 Å². The van der Waals surface area contributed by atoms with Crippen molar-refractivity contribution in [3.8, 4) is 0 Å².